The van der Waals surface area contributed by atoms with Gasteiger partial charge in [-0.3, -0.25) is 0 Å². The van der Waals surface area contributed by atoms with Gasteiger partial charge in [-0.2, -0.15) is 5.26 Å². The highest BCUT2D eigenvalue weighted by atomic mass is 14.9. The normalized spacial score (nSPS) is 25.9. The van der Waals surface area contributed by atoms with Gasteiger partial charge in [-0.05, 0) is 25.3 Å². The van der Waals surface area contributed by atoms with Crippen molar-refractivity contribution in [3.05, 3.63) is 35.4 Å². The first kappa shape index (κ1) is 10.2. The van der Waals surface area contributed by atoms with E-state index in [2.05, 4.69) is 42.6 Å². The molecule has 0 saturated carbocycles. The Kier molecular flexibility index (Phi) is 3.03. The third-order valence-electron chi connectivity index (χ3n) is 3.04. The molecule has 2 nitrogen and oxygen atoms in total. The molecule has 1 N–H and O–H groups in total. The number of rotatable bonds is 1. The Morgan fingerprint density at radius 2 is 2.27 bits per heavy atom. The molecule has 0 spiro atoms. The van der Waals surface area contributed by atoms with E-state index < -0.39 is 0 Å². The van der Waals surface area contributed by atoms with Crippen LogP contribution in [-0.2, 0) is 0 Å². The third-order valence-corrected chi connectivity index (χ3v) is 3.04. The van der Waals surface area contributed by atoms with Crippen molar-refractivity contribution < 1.29 is 0 Å². The fourth-order valence-corrected chi connectivity index (χ4v) is 2.14. The van der Waals surface area contributed by atoms with Gasteiger partial charge in [0.25, 0.3) is 0 Å². The Labute approximate surface area is 90.9 Å². The average Bonchev–Trinajstić information content (AvgIpc) is 2.29. The zero-order valence-electron chi connectivity index (χ0n) is 9.03. The van der Waals surface area contributed by atoms with E-state index in [1.54, 1.807) is 0 Å². The van der Waals surface area contributed by atoms with Crippen molar-refractivity contribution in [2.45, 2.75) is 25.8 Å². The molecule has 1 aliphatic heterocycles. The van der Waals surface area contributed by atoms with E-state index in [0.717, 1.165) is 19.4 Å². The highest BCUT2D eigenvalue weighted by Gasteiger charge is 2.20. The average molecular weight is 200 g/mol. The van der Waals surface area contributed by atoms with Crippen LogP contribution in [-0.4, -0.2) is 6.54 Å². The Bertz CT molecular complexity index is 370. The summed E-state index contributed by atoms with van der Waals surface area (Å²) >= 11 is 0. The van der Waals surface area contributed by atoms with E-state index in [0.29, 0.717) is 6.04 Å². The quantitative estimate of drug-likeness (QED) is 0.756. The van der Waals surface area contributed by atoms with Crippen LogP contribution < -0.4 is 5.32 Å². The summed E-state index contributed by atoms with van der Waals surface area (Å²) in [6, 6.07) is 11.4. The Morgan fingerprint density at radius 1 is 1.40 bits per heavy atom. The maximum Gasteiger partial charge on any atom is 0.0669 e. The second-order valence-corrected chi connectivity index (χ2v) is 4.28. The number of hydrogen-bond donors (Lipinski definition) is 1. The lowest BCUT2D eigenvalue weighted by atomic mass is 9.91. The van der Waals surface area contributed by atoms with Gasteiger partial charge in [-0.1, -0.05) is 29.8 Å². The predicted octanol–water partition coefficient (Wildman–Crippen LogP) is 2.56. The van der Waals surface area contributed by atoms with Gasteiger partial charge >= 0.3 is 0 Å². The summed E-state index contributed by atoms with van der Waals surface area (Å²) in [6.45, 7) is 2.94. The molecule has 2 unspecified atom stereocenters. The molecule has 0 amide bonds. The SMILES string of the molecule is Cc1cccc(C2CCC(C#N)CN2)c1. The van der Waals surface area contributed by atoms with Gasteiger partial charge in [0.05, 0.1) is 12.0 Å². The van der Waals surface area contributed by atoms with Crippen molar-refractivity contribution in [2.75, 3.05) is 6.54 Å². The smallest absolute Gasteiger partial charge is 0.0669 e. The van der Waals surface area contributed by atoms with Crippen molar-refractivity contribution in [1.29, 1.82) is 5.26 Å². The van der Waals surface area contributed by atoms with Gasteiger partial charge in [0.1, 0.15) is 0 Å². The molecule has 0 radical (unpaired) electrons. The first-order valence-corrected chi connectivity index (χ1v) is 5.49. The third kappa shape index (κ3) is 2.37. The summed E-state index contributed by atoms with van der Waals surface area (Å²) in [4.78, 5) is 0. The molecule has 0 aliphatic carbocycles. The molecular weight excluding hydrogens is 184 g/mol. The zero-order valence-corrected chi connectivity index (χ0v) is 9.03. The highest BCUT2D eigenvalue weighted by Crippen LogP contribution is 2.25. The van der Waals surface area contributed by atoms with Gasteiger partial charge in [0.15, 0.2) is 0 Å². The molecule has 78 valence electrons. The first-order valence-electron chi connectivity index (χ1n) is 5.49. The zero-order chi connectivity index (χ0) is 10.7. The highest BCUT2D eigenvalue weighted by molar-refractivity contribution is 5.25. The van der Waals surface area contributed by atoms with E-state index in [4.69, 9.17) is 5.26 Å². The van der Waals surface area contributed by atoms with Crippen LogP contribution in [0.5, 0.6) is 0 Å². The molecule has 1 aliphatic rings. The number of hydrogen-bond acceptors (Lipinski definition) is 2. The first-order chi connectivity index (χ1) is 7.29. The molecule has 1 aromatic rings. The molecule has 2 atom stereocenters. The molecule has 0 aromatic heterocycles. The molecular formula is C13H16N2. The maximum absolute atomic E-state index is 8.80. The minimum atomic E-state index is 0.200. The predicted molar refractivity (Wildman–Crippen MR) is 60.3 cm³/mol. The standard InChI is InChI=1S/C13H16N2/c1-10-3-2-4-12(7-10)13-6-5-11(8-14)9-15-13/h2-4,7,11,13,15H,5-6,9H2,1H3. The fraction of sp³-hybridized carbons (Fsp3) is 0.462. The van der Waals surface area contributed by atoms with Gasteiger partial charge in [0, 0.05) is 12.6 Å². The minimum absolute atomic E-state index is 0.200. The van der Waals surface area contributed by atoms with Crippen molar-refractivity contribution in [3.63, 3.8) is 0 Å². The molecule has 1 fully saturated rings. The second-order valence-electron chi connectivity index (χ2n) is 4.28. The summed E-state index contributed by atoms with van der Waals surface area (Å²) < 4.78 is 0. The monoisotopic (exact) mass is 200 g/mol. The number of nitrogens with zero attached hydrogens (tertiary/aromatic N) is 1. The minimum Gasteiger partial charge on any atom is -0.309 e. The summed E-state index contributed by atoms with van der Waals surface area (Å²) in [5, 5.41) is 12.2. The summed E-state index contributed by atoms with van der Waals surface area (Å²) in [7, 11) is 0. The van der Waals surface area contributed by atoms with E-state index in [9.17, 15) is 0 Å². The van der Waals surface area contributed by atoms with Crippen LogP contribution in [0.4, 0.5) is 0 Å². The van der Waals surface area contributed by atoms with Crippen LogP contribution in [0.1, 0.15) is 30.0 Å². The van der Waals surface area contributed by atoms with Crippen molar-refractivity contribution in [2.24, 2.45) is 5.92 Å². The number of benzene rings is 1. The molecule has 2 rings (SSSR count). The van der Waals surface area contributed by atoms with E-state index in [1.165, 1.54) is 11.1 Å². The lowest BCUT2D eigenvalue weighted by Crippen LogP contribution is -2.32. The van der Waals surface area contributed by atoms with E-state index in [1.807, 2.05) is 0 Å². The molecule has 1 saturated heterocycles. The Hall–Kier alpha value is -1.33. The van der Waals surface area contributed by atoms with Gasteiger partial charge in [-0.15, -0.1) is 0 Å². The Morgan fingerprint density at radius 3 is 2.87 bits per heavy atom. The lowest BCUT2D eigenvalue weighted by Gasteiger charge is -2.27. The molecule has 0 bridgehead atoms. The lowest BCUT2D eigenvalue weighted by molar-refractivity contribution is 0.361. The maximum atomic E-state index is 8.80. The fourth-order valence-electron chi connectivity index (χ4n) is 2.14. The van der Waals surface area contributed by atoms with Crippen LogP contribution in [0.3, 0.4) is 0 Å². The van der Waals surface area contributed by atoms with Crippen LogP contribution in [0.15, 0.2) is 24.3 Å². The summed E-state index contributed by atoms with van der Waals surface area (Å²) in [5.41, 5.74) is 2.66. The van der Waals surface area contributed by atoms with Gasteiger partial charge < -0.3 is 5.32 Å². The van der Waals surface area contributed by atoms with E-state index >= 15 is 0 Å². The number of aryl methyl sites for hydroxylation is 1. The molecule has 15 heavy (non-hydrogen) atoms. The van der Waals surface area contributed by atoms with Gasteiger partial charge in [0.2, 0.25) is 0 Å². The molecule has 2 heteroatoms. The second kappa shape index (κ2) is 4.46. The van der Waals surface area contributed by atoms with Crippen LogP contribution in [0, 0.1) is 24.2 Å². The number of nitriles is 1. The topological polar surface area (TPSA) is 35.8 Å². The van der Waals surface area contributed by atoms with Gasteiger partial charge in [-0.25, -0.2) is 0 Å². The van der Waals surface area contributed by atoms with Crippen LogP contribution in [0.25, 0.3) is 0 Å². The molecule has 1 aromatic carbocycles. The van der Waals surface area contributed by atoms with Crippen molar-refractivity contribution in [1.82, 2.24) is 5.32 Å². The number of piperidine rings is 1. The largest absolute Gasteiger partial charge is 0.309 e. The van der Waals surface area contributed by atoms with Crippen LogP contribution >= 0.6 is 0 Å². The summed E-state index contributed by atoms with van der Waals surface area (Å²) in [5.74, 6) is 0.200. The van der Waals surface area contributed by atoms with Crippen molar-refractivity contribution in [3.8, 4) is 6.07 Å². The van der Waals surface area contributed by atoms with E-state index in [-0.39, 0.29) is 5.92 Å². The number of nitrogens with one attached hydrogen (secondary N) is 1. The van der Waals surface area contributed by atoms with Crippen LogP contribution in [0.2, 0.25) is 0 Å². The van der Waals surface area contributed by atoms with Crippen molar-refractivity contribution >= 4 is 0 Å². The summed E-state index contributed by atoms with van der Waals surface area (Å²) in [6.07, 6.45) is 2.09. The Balaban J connectivity index is 2.05. The molecule has 1 heterocycles.